The molecule has 1 aliphatic heterocycles. The first-order valence-corrected chi connectivity index (χ1v) is 9.82. The average Bonchev–Trinajstić information content (AvgIpc) is 2.98. The predicted molar refractivity (Wildman–Crippen MR) is 104 cm³/mol. The first-order valence-electron chi connectivity index (χ1n) is 9.00. The SMILES string of the molecule is Cc1ccc2c(c1)Sc1cc(C)oc1N2c1cccc2c1CCCC2. The lowest BCUT2D eigenvalue weighted by Crippen LogP contribution is -2.17. The second-order valence-electron chi connectivity index (χ2n) is 7.06. The molecule has 5 rings (SSSR count). The molecule has 2 aromatic carbocycles. The van der Waals surface area contributed by atoms with Gasteiger partial charge in [-0.2, -0.15) is 0 Å². The van der Waals surface area contributed by atoms with E-state index in [1.54, 1.807) is 0 Å². The topological polar surface area (TPSA) is 16.4 Å². The van der Waals surface area contributed by atoms with E-state index in [4.69, 9.17) is 4.42 Å². The Labute approximate surface area is 152 Å². The fourth-order valence-electron chi connectivity index (χ4n) is 4.03. The molecule has 2 aliphatic rings. The Morgan fingerprint density at radius 3 is 2.72 bits per heavy atom. The van der Waals surface area contributed by atoms with Crippen LogP contribution >= 0.6 is 11.8 Å². The number of hydrogen-bond acceptors (Lipinski definition) is 3. The number of hydrogen-bond donors (Lipinski definition) is 0. The third-order valence-corrected chi connectivity index (χ3v) is 6.25. The van der Waals surface area contributed by atoms with Crippen molar-refractivity contribution in [2.45, 2.75) is 49.3 Å². The third kappa shape index (κ3) is 2.41. The van der Waals surface area contributed by atoms with Crippen molar-refractivity contribution >= 4 is 29.0 Å². The molecule has 2 nitrogen and oxygen atoms in total. The highest BCUT2D eigenvalue weighted by atomic mass is 32.2. The van der Waals surface area contributed by atoms with E-state index >= 15 is 0 Å². The molecule has 0 atom stereocenters. The van der Waals surface area contributed by atoms with Gasteiger partial charge >= 0.3 is 0 Å². The maximum atomic E-state index is 6.16. The summed E-state index contributed by atoms with van der Waals surface area (Å²) in [7, 11) is 0. The molecule has 0 fully saturated rings. The minimum atomic E-state index is 0.969. The van der Waals surface area contributed by atoms with Crippen molar-refractivity contribution in [3.63, 3.8) is 0 Å². The van der Waals surface area contributed by atoms with Gasteiger partial charge in [0.2, 0.25) is 5.88 Å². The summed E-state index contributed by atoms with van der Waals surface area (Å²) in [4.78, 5) is 4.86. The standard InChI is InChI=1S/C22H21NOS/c1-14-10-11-19-20(12-14)25-21-13-15(2)24-22(21)23(19)18-9-5-7-16-6-3-4-8-17(16)18/h5,7,9-13H,3-4,6,8H2,1-2H3. The van der Waals surface area contributed by atoms with Crippen molar-refractivity contribution in [3.8, 4) is 0 Å². The second kappa shape index (κ2) is 5.70. The van der Waals surface area contributed by atoms with Gasteiger partial charge in [0.25, 0.3) is 0 Å². The van der Waals surface area contributed by atoms with Crippen LogP contribution < -0.4 is 4.90 Å². The summed E-state index contributed by atoms with van der Waals surface area (Å²) in [6, 6.07) is 15.6. The van der Waals surface area contributed by atoms with Gasteiger partial charge in [-0.15, -0.1) is 0 Å². The number of fused-ring (bicyclic) bond motifs is 3. The van der Waals surface area contributed by atoms with Crippen LogP contribution in [0, 0.1) is 13.8 Å². The summed E-state index contributed by atoms with van der Waals surface area (Å²) in [5.41, 5.74) is 6.81. The summed E-state index contributed by atoms with van der Waals surface area (Å²) < 4.78 is 6.16. The van der Waals surface area contributed by atoms with Crippen molar-refractivity contribution in [2.24, 2.45) is 0 Å². The maximum absolute atomic E-state index is 6.16. The normalized spacial score (nSPS) is 15.5. The van der Waals surface area contributed by atoms with Gasteiger partial charge in [0, 0.05) is 4.90 Å². The summed E-state index contributed by atoms with van der Waals surface area (Å²) >= 11 is 1.82. The minimum Gasteiger partial charge on any atom is -0.444 e. The third-order valence-electron chi connectivity index (χ3n) is 5.19. The number of furan rings is 1. The Kier molecular flexibility index (Phi) is 3.46. The molecule has 2 heterocycles. The molecule has 0 amide bonds. The van der Waals surface area contributed by atoms with E-state index in [0.717, 1.165) is 18.1 Å². The fourth-order valence-corrected chi connectivity index (χ4v) is 5.22. The zero-order valence-electron chi connectivity index (χ0n) is 14.6. The van der Waals surface area contributed by atoms with Gasteiger partial charge < -0.3 is 4.42 Å². The Hall–Kier alpha value is -2.13. The molecular weight excluding hydrogens is 326 g/mol. The lowest BCUT2D eigenvalue weighted by molar-refractivity contribution is 0.536. The van der Waals surface area contributed by atoms with Crippen LogP contribution in [0.1, 0.15) is 35.3 Å². The van der Waals surface area contributed by atoms with Crippen molar-refractivity contribution in [2.75, 3.05) is 4.90 Å². The summed E-state index contributed by atoms with van der Waals surface area (Å²) in [5.74, 6) is 1.94. The van der Waals surface area contributed by atoms with E-state index in [9.17, 15) is 0 Å². The lowest BCUT2D eigenvalue weighted by atomic mass is 9.90. The molecule has 3 heteroatoms. The first-order chi connectivity index (χ1) is 12.2. The van der Waals surface area contributed by atoms with Gasteiger partial charge in [0.1, 0.15) is 5.76 Å². The maximum Gasteiger partial charge on any atom is 0.218 e. The molecular formula is C22H21NOS. The van der Waals surface area contributed by atoms with Crippen LogP contribution in [-0.4, -0.2) is 0 Å². The molecule has 1 aliphatic carbocycles. The van der Waals surface area contributed by atoms with E-state index in [1.165, 1.54) is 57.1 Å². The highest BCUT2D eigenvalue weighted by molar-refractivity contribution is 7.99. The summed E-state index contributed by atoms with van der Waals surface area (Å²) in [6.45, 7) is 4.19. The Morgan fingerprint density at radius 1 is 0.920 bits per heavy atom. The molecule has 0 saturated carbocycles. The number of rotatable bonds is 1. The van der Waals surface area contributed by atoms with E-state index in [-0.39, 0.29) is 0 Å². The summed E-state index contributed by atoms with van der Waals surface area (Å²) in [5, 5.41) is 0. The van der Waals surface area contributed by atoms with E-state index in [1.807, 2.05) is 18.7 Å². The van der Waals surface area contributed by atoms with Crippen LogP contribution in [0.4, 0.5) is 17.3 Å². The molecule has 25 heavy (non-hydrogen) atoms. The molecule has 3 aromatic rings. The van der Waals surface area contributed by atoms with Crippen LogP contribution in [0.25, 0.3) is 0 Å². The highest BCUT2D eigenvalue weighted by Gasteiger charge is 2.30. The van der Waals surface area contributed by atoms with Crippen molar-refractivity contribution in [3.05, 3.63) is 64.9 Å². The Morgan fingerprint density at radius 2 is 1.80 bits per heavy atom. The molecule has 126 valence electrons. The van der Waals surface area contributed by atoms with E-state index in [0.29, 0.717) is 0 Å². The smallest absolute Gasteiger partial charge is 0.218 e. The zero-order valence-corrected chi connectivity index (χ0v) is 15.5. The Balaban J connectivity index is 1.76. The number of benzene rings is 2. The molecule has 0 unspecified atom stereocenters. The van der Waals surface area contributed by atoms with Gasteiger partial charge in [-0.05, 0) is 80.5 Å². The van der Waals surface area contributed by atoms with E-state index in [2.05, 4.69) is 54.3 Å². The van der Waals surface area contributed by atoms with Crippen LogP contribution in [-0.2, 0) is 12.8 Å². The van der Waals surface area contributed by atoms with Crippen LogP contribution in [0.15, 0.2) is 56.7 Å². The quantitative estimate of drug-likeness (QED) is 0.381. The van der Waals surface area contributed by atoms with Gasteiger partial charge in [-0.25, -0.2) is 0 Å². The molecule has 1 aromatic heterocycles. The van der Waals surface area contributed by atoms with Gasteiger partial charge in [0.05, 0.1) is 16.3 Å². The molecule has 0 bridgehead atoms. The molecule has 0 spiro atoms. The van der Waals surface area contributed by atoms with Crippen molar-refractivity contribution in [1.29, 1.82) is 0 Å². The lowest BCUT2D eigenvalue weighted by Gasteiger charge is -2.32. The number of anilines is 3. The van der Waals surface area contributed by atoms with Gasteiger partial charge in [-0.1, -0.05) is 30.0 Å². The second-order valence-corrected chi connectivity index (χ2v) is 8.14. The Bertz CT molecular complexity index is 972. The molecule has 0 N–H and O–H groups in total. The summed E-state index contributed by atoms with van der Waals surface area (Å²) in [6.07, 6.45) is 4.92. The molecule has 0 saturated heterocycles. The largest absolute Gasteiger partial charge is 0.444 e. The van der Waals surface area contributed by atoms with Crippen LogP contribution in [0.3, 0.4) is 0 Å². The monoisotopic (exact) mass is 347 g/mol. The van der Waals surface area contributed by atoms with Crippen molar-refractivity contribution < 1.29 is 4.42 Å². The van der Waals surface area contributed by atoms with E-state index < -0.39 is 0 Å². The fraction of sp³-hybridized carbons (Fsp3) is 0.273. The van der Waals surface area contributed by atoms with Crippen LogP contribution in [0.5, 0.6) is 0 Å². The molecule has 0 radical (unpaired) electrons. The average molecular weight is 347 g/mol. The minimum absolute atomic E-state index is 0.969. The number of nitrogens with zero attached hydrogens (tertiary/aromatic N) is 1. The van der Waals surface area contributed by atoms with Gasteiger partial charge in [-0.3, -0.25) is 4.90 Å². The number of aryl methyl sites for hydroxylation is 3. The van der Waals surface area contributed by atoms with Gasteiger partial charge in [0.15, 0.2) is 0 Å². The predicted octanol–water partition coefficient (Wildman–Crippen LogP) is 6.71. The van der Waals surface area contributed by atoms with Crippen LogP contribution in [0.2, 0.25) is 0 Å². The zero-order chi connectivity index (χ0) is 17.0. The van der Waals surface area contributed by atoms with Crippen molar-refractivity contribution in [1.82, 2.24) is 0 Å². The first kappa shape index (κ1) is 15.2. The highest BCUT2D eigenvalue weighted by Crippen LogP contribution is 2.53.